The van der Waals surface area contributed by atoms with Crippen LogP contribution in [0.3, 0.4) is 0 Å². The maximum Gasteiger partial charge on any atom is 0.227 e. The van der Waals surface area contributed by atoms with Crippen LogP contribution < -0.4 is 0 Å². The lowest BCUT2D eigenvalue weighted by Gasteiger charge is -2.30. The van der Waals surface area contributed by atoms with Gasteiger partial charge >= 0.3 is 0 Å². The Morgan fingerprint density at radius 2 is 1.96 bits per heavy atom. The van der Waals surface area contributed by atoms with Crippen molar-refractivity contribution in [3.63, 3.8) is 0 Å². The van der Waals surface area contributed by atoms with Gasteiger partial charge in [0.25, 0.3) is 0 Å². The predicted molar refractivity (Wildman–Crippen MR) is 97.9 cm³/mol. The van der Waals surface area contributed by atoms with Gasteiger partial charge in [-0.15, -0.1) is 0 Å². The number of rotatable bonds is 5. The monoisotopic (exact) mass is 405 g/mol. The molecule has 0 spiro atoms. The lowest BCUT2D eigenvalue weighted by molar-refractivity contribution is -0.134. The van der Waals surface area contributed by atoms with E-state index in [1.54, 1.807) is 23.1 Å². The molecule has 2 atom stereocenters. The number of sulfone groups is 1. The molecule has 1 amide bonds. The smallest absolute Gasteiger partial charge is 0.227 e. The van der Waals surface area contributed by atoms with Gasteiger partial charge in [0.2, 0.25) is 5.91 Å². The van der Waals surface area contributed by atoms with Crippen LogP contribution in [0.15, 0.2) is 18.2 Å². The zero-order valence-electron chi connectivity index (χ0n) is 13.8. The number of carbonyl (C=O) groups excluding carboxylic acids is 1. The summed E-state index contributed by atoms with van der Waals surface area (Å²) in [5.41, 5.74) is 0.578. The molecule has 0 radical (unpaired) electrons. The average molecular weight is 406 g/mol. The molecule has 8 heteroatoms. The molecule has 1 aromatic carbocycles. The summed E-state index contributed by atoms with van der Waals surface area (Å²) in [5.74, 6) is -0.0192. The van der Waals surface area contributed by atoms with Gasteiger partial charge in [-0.2, -0.15) is 0 Å². The van der Waals surface area contributed by atoms with Gasteiger partial charge in [-0.3, -0.25) is 4.79 Å². The number of nitrogens with zero attached hydrogens (tertiary/aromatic N) is 1. The molecule has 2 fully saturated rings. The number of amides is 1. The second-order valence-corrected chi connectivity index (χ2v) is 9.66. The van der Waals surface area contributed by atoms with E-state index >= 15 is 0 Å². The highest BCUT2D eigenvalue weighted by atomic mass is 35.5. The van der Waals surface area contributed by atoms with Gasteiger partial charge in [0.15, 0.2) is 9.84 Å². The van der Waals surface area contributed by atoms with Gasteiger partial charge in [-0.25, -0.2) is 8.42 Å². The second kappa shape index (κ2) is 7.82. The number of benzene rings is 1. The van der Waals surface area contributed by atoms with Crippen LogP contribution in [0, 0.1) is 0 Å². The van der Waals surface area contributed by atoms with Crippen LogP contribution in [0.5, 0.6) is 0 Å². The third-order valence-corrected chi connectivity index (χ3v) is 7.24. The van der Waals surface area contributed by atoms with Gasteiger partial charge in [-0.05, 0) is 37.0 Å². The van der Waals surface area contributed by atoms with E-state index in [0.717, 1.165) is 12.8 Å². The molecule has 0 bridgehead atoms. The Hall–Kier alpha value is -0.820. The van der Waals surface area contributed by atoms with Crippen LogP contribution in [0.25, 0.3) is 0 Å². The Morgan fingerprint density at radius 3 is 2.52 bits per heavy atom. The summed E-state index contributed by atoms with van der Waals surface area (Å²) in [7, 11) is -3.08. The first kappa shape index (κ1) is 19.0. The molecule has 2 aliphatic heterocycles. The summed E-state index contributed by atoms with van der Waals surface area (Å²) in [6, 6.07) is 4.82. The van der Waals surface area contributed by atoms with Crippen LogP contribution in [-0.4, -0.2) is 56.0 Å². The van der Waals surface area contributed by atoms with E-state index in [1.165, 1.54) is 0 Å². The van der Waals surface area contributed by atoms with Crippen LogP contribution >= 0.6 is 23.2 Å². The van der Waals surface area contributed by atoms with E-state index < -0.39 is 9.84 Å². The van der Waals surface area contributed by atoms with Gasteiger partial charge in [0, 0.05) is 29.2 Å². The third kappa shape index (κ3) is 4.67. The fourth-order valence-corrected chi connectivity index (χ4v) is 5.70. The maximum absolute atomic E-state index is 13.0. The molecule has 2 heterocycles. The van der Waals surface area contributed by atoms with Crippen molar-refractivity contribution in [1.29, 1.82) is 0 Å². The van der Waals surface area contributed by atoms with Gasteiger partial charge < -0.3 is 9.64 Å². The summed E-state index contributed by atoms with van der Waals surface area (Å²) >= 11 is 12.4. The van der Waals surface area contributed by atoms with Crippen LogP contribution in [-0.2, 0) is 25.8 Å². The second-order valence-electron chi connectivity index (χ2n) is 6.61. The minimum Gasteiger partial charge on any atom is -0.376 e. The molecule has 0 unspecified atom stereocenters. The number of halogens is 2. The molecular weight excluding hydrogens is 385 g/mol. The van der Waals surface area contributed by atoms with E-state index in [2.05, 4.69) is 0 Å². The molecule has 0 aromatic heterocycles. The summed E-state index contributed by atoms with van der Waals surface area (Å²) in [6.07, 6.45) is 2.34. The molecule has 5 nitrogen and oxygen atoms in total. The summed E-state index contributed by atoms with van der Waals surface area (Å²) in [5, 5.41) is 0.883. The lowest BCUT2D eigenvalue weighted by Crippen LogP contribution is -2.46. The van der Waals surface area contributed by atoms with Crippen LogP contribution in [0.4, 0.5) is 0 Å². The molecule has 0 aliphatic carbocycles. The van der Waals surface area contributed by atoms with E-state index in [-0.39, 0.29) is 36.0 Å². The van der Waals surface area contributed by atoms with Crippen molar-refractivity contribution in [1.82, 2.24) is 4.90 Å². The molecule has 138 valence electrons. The average Bonchev–Trinajstić information content (AvgIpc) is 3.17. The Morgan fingerprint density at radius 1 is 1.24 bits per heavy atom. The lowest BCUT2D eigenvalue weighted by atomic mass is 10.1. The maximum atomic E-state index is 13.0. The zero-order chi connectivity index (χ0) is 18.0. The molecule has 25 heavy (non-hydrogen) atoms. The van der Waals surface area contributed by atoms with E-state index in [4.69, 9.17) is 27.9 Å². The normalized spacial score (nSPS) is 25.2. The van der Waals surface area contributed by atoms with Crippen molar-refractivity contribution in [3.8, 4) is 0 Å². The topological polar surface area (TPSA) is 63.7 Å². The standard InChI is InChI=1S/C17H21Cl2NO4S/c18-15-4-1-5-16(19)14(15)9-17(21)20(10-13-3-2-7-24-13)12-6-8-25(22,23)11-12/h1,4-5,12-13H,2-3,6-11H2/t12-,13-/m1/s1. The predicted octanol–water partition coefficient (Wildman–Crippen LogP) is 2.73. The largest absolute Gasteiger partial charge is 0.376 e. The van der Waals surface area contributed by atoms with Crippen molar-refractivity contribution in [3.05, 3.63) is 33.8 Å². The highest BCUT2D eigenvalue weighted by molar-refractivity contribution is 7.91. The summed E-state index contributed by atoms with van der Waals surface area (Å²) in [4.78, 5) is 14.6. The number of carbonyl (C=O) groups is 1. The minimum absolute atomic E-state index is 0.0156. The van der Waals surface area contributed by atoms with Crippen LogP contribution in [0.2, 0.25) is 10.0 Å². The first-order valence-corrected chi connectivity index (χ1v) is 11.0. The van der Waals surface area contributed by atoms with E-state index in [1.807, 2.05) is 0 Å². The molecule has 1 aromatic rings. The van der Waals surface area contributed by atoms with Crippen molar-refractivity contribution in [2.24, 2.45) is 0 Å². The van der Waals surface area contributed by atoms with Gasteiger partial charge in [0.1, 0.15) is 0 Å². The Labute approximate surface area is 158 Å². The molecule has 3 rings (SSSR count). The van der Waals surface area contributed by atoms with Crippen molar-refractivity contribution < 1.29 is 17.9 Å². The Bertz CT molecular complexity index is 727. The van der Waals surface area contributed by atoms with Crippen molar-refractivity contribution in [2.75, 3.05) is 24.7 Å². The number of hydrogen-bond acceptors (Lipinski definition) is 4. The molecular formula is C17H21Cl2NO4S. The number of hydrogen-bond donors (Lipinski definition) is 0. The van der Waals surface area contributed by atoms with Crippen molar-refractivity contribution in [2.45, 2.75) is 37.8 Å². The Balaban J connectivity index is 1.79. The fourth-order valence-electron chi connectivity index (χ4n) is 3.44. The SMILES string of the molecule is O=C(Cc1c(Cl)cccc1Cl)N(C[C@H]1CCCO1)[C@@H]1CCS(=O)(=O)C1. The molecule has 0 saturated carbocycles. The fraction of sp³-hybridized carbons (Fsp3) is 0.588. The van der Waals surface area contributed by atoms with Gasteiger partial charge in [0.05, 0.1) is 24.0 Å². The summed E-state index contributed by atoms with van der Waals surface area (Å²) in [6.45, 7) is 1.10. The highest BCUT2D eigenvalue weighted by Gasteiger charge is 2.36. The summed E-state index contributed by atoms with van der Waals surface area (Å²) < 4.78 is 29.4. The molecule has 2 aliphatic rings. The van der Waals surface area contributed by atoms with Crippen LogP contribution in [0.1, 0.15) is 24.8 Å². The minimum atomic E-state index is -3.08. The van der Waals surface area contributed by atoms with E-state index in [9.17, 15) is 13.2 Å². The zero-order valence-corrected chi connectivity index (χ0v) is 16.1. The number of ether oxygens (including phenoxy) is 1. The quantitative estimate of drug-likeness (QED) is 0.755. The first-order chi connectivity index (χ1) is 11.9. The highest BCUT2D eigenvalue weighted by Crippen LogP contribution is 2.27. The molecule has 0 N–H and O–H groups in total. The molecule has 2 saturated heterocycles. The van der Waals surface area contributed by atoms with E-state index in [0.29, 0.717) is 35.2 Å². The third-order valence-electron chi connectivity index (χ3n) is 4.78. The first-order valence-electron chi connectivity index (χ1n) is 8.40. The van der Waals surface area contributed by atoms with Gasteiger partial charge in [-0.1, -0.05) is 29.3 Å². The Kier molecular flexibility index (Phi) is 5.93. The van der Waals surface area contributed by atoms with Crippen molar-refractivity contribution >= 4 is 38.9 Å².